The molecule has 1 saturated carbocycles. The van der Waals surface area contributed by atoms with E-state index in [-0.39, 0.29) is 39.6 Å². The van der Waals surface area contributed by atoms with E-state index in [1.54, 1.807) is 36.5 Å². The van der Waals surface area contributed by atoms with E-state index in [1.165, 1.54) is 38.5 Å². The molecule has 1 aliphatic carbocycles. The summed E-state index contributed by atoms with van der Waals surface area (Å²) in [6.45, 7) is 3.63. The van der Waals surface area contributed by atoms with E-state index < -0.39 is 27.4 Å². The lowest BCUT2D eigenvalue weighted by molar-refractivity contribution is -0.147. The van der Waals surface area contributed by atoms with Crippen molar-refractivity contribution in [2.24, 2.45) is 5.92 Å². The summed E-state index contributed by atoms with van der Waals surface area (Å²) in [5.41, 5.74) is 3.58. The normalized spacial score (nSPS) is 18.2. The van der Waals surface area contributed by atoms with Crippen LogP contribution in [0.25, 0.3) is 0 Å². The zero-order valence-corrected chi connectivity index (χ0v) is 34.0. The van der Waals surface area contributed by atoms with Crippen molar-refractivity contribution in [2.45, 2.75) is 81.6 Å². The quantitative estimate of drug-likeness (QED) is 0.113. The molecule has 3 N–H and O–H groups in total. The second kappa shape index (κ2) is 18.8. The first kappa shape index (κ1) is 42.0. The number of esters is 2. The molecular formula is C44H51N5O8S. The summed E-state index contributed by atoms with van der Waals surface area (Å²) in [6, 6.07) is 22.0. The zero-order valence-electron chi connectivity index (χ0n) is 33.2. The van der Waals surface area contributed by atoms with Crippen LogP contribution in [0.2, 0.25) is 0 Å². The molecule has 1 aromatic heterocycles. The van der Waals surface area contributed by atoms with Crippen molar-refractivity contribution in [3.05, 3.63) is 113 Å². The molecule has 2 fully saturated rings. The number of methoxy groups -OCH3 is 2. The van der Waals surface area contributed by atoms with Gasteiger partial charge in [0.25, 0.3) is 11.8 Å². The Kier molecular flexibility index (Phi) is 13.6. The summed E-state index contributed by atoms with van der Waals surface area (Å²) in [6.07, 6.45) is 8.69. The second-order valence-electron chi connectivity index (χ2n) is 15.0. The molecular weight excluding hydrogens is 759 g/mol. The number of aromatic nitrogens is 1. The van der Waals surface area contributed by atoms with Gasteiger partial charge in [-0.25, -0.2) is 17.9 Å². The molecule has 0 bridgehead atoms. The van der Waals surface area contributed by atoms with Gasteiger partial charge in [-0.2, -0.15) is 0 Å². The first-order chi connectivity index (χ1) is 27.9. The van der Waals surface area contributed by atoms with Crippen LogP contribution in [0.4, 0.5) is 17.1 Å². The average molecular weight is 810 g/mol. The largest absolute Gasteiger partial charge is 0.469 e. The van der Waals surface area contributed by atoms with Crippen molar-refractivity contribution in [2.75, 3.05) is 42.8 Å². The second-order valence-corrected chi connectivity index (χ2v) is 16.7. The van der Waals surface area contributed by atoms with Crippen molar-refractivity contribution in [1.82, 2.24) is 9.71 Å². The topological polar surface area (TPSA) is 173 Å². The predicted octanol–water partition coefficient (Wildman–Crippen LogP) is 6.94. The maximum Gasteiger partial charge on any atom is 0.337 e. The molecule has 0 atom stereocenters. The maximum atomic E-state index is 13.9. The Bertz CT molecular complexity index is 2210. The van der Waals surface area contributed by atoms with E-state index >= 15 is 0 Å². The highest BCUT2D eigenvalue weighted by Gasteiger charge is 2.40. The van der Waals surface area contributed by atoms with Crippen molar-refractivity contribution in [1.29, 1.82) is 0 Å². The minimum Gasteiger partial charge on any atom is -0.469 e. The number of nitrogens with zero attached hydrogens (tertiary/aromatic N) is 2. The van der Waals surface area contributed by atoms with Crippen LogP contribution in [-0.4, -0.2) is 70.0 Å². The summed E-state index contributed by atoms with van der Waals surface area (Å²) in [4.78, 5) is 58.2. The molecule has 4 aromatic rings. The summed E-state index contributed by atoms with van der Waals surface area (Å²) < 4.78 is 40.0. The summed E-state index contributed by atoms with van der Waals surface area (Å²) in [7, 11) is -1.34. The first-order valence-electron chi connectivity index (χ1n) is 19.8. The number of hydrogen-bond donors (Lipinski definition) is 3. The number of amides is 2. The number of piperidine rings is 1. The molecule has 2 heterocycles. The van der Waals surface area contributed by atoms with Crippen molar-refractivity contribution >= 4 is 50.8 Å². The van der Waals surface area contributed by atoms with Crippen LogP contribution < -0.4 is 20.3 Å². The first-order valence-corrected chi connectivity index (χ1v) is 21.3. The fourth-order valence-electron chi connectivity index (χ4n) is 7.66. The van der Waals surface area contributed by atoms with Crippen LogP contribution >= 0.6 is 0 Å². The molecule has 0 radical (unpaired) electrons. The number of sulfonamides is 1. The van der Waals surface area contributed by atoms with Crippen molar-refractivity contribution in [3.63, 3.8) is 0 Å². The smallest absolute Gasteiger partial charge is 0.337 e. The van der Waals surface area contributed by atoms with E-state index in [2.05, 4.69) is 25.2 Å². The summed E-state index contributed by atoms with van der Waals surface area (Å²) >= 11 is 0. The van der Waals surface area contributed by atoms with Crippen LogP contribution in [0, 0.1) is 5.92 Å². The molecule has 13 nitrogen and oxygen atoms in total. The van der Waals surface area contributed by atoms with Crippen LogP contribution in [0.5, 0.6) is 0 Å². The number of hydrogen-bond acceptors (Lipinski definition) is 10. The molecule has 0 spiro atoms. The fraction of sp³-hybridized carbons (Fsp3) is 0.386. The van der Waals surface area contributed by atoms with Crippen LogP contribution in [0.1, 0.15) is 101 Å². The third-order valence-corrected chi connectivity index (χ3v) is 12.8. The monoisotopic (exact) mass is 809 g/mol. The molecule has 0 unspecified atom stereocenters. The number of nitrogens with one attached hydrogen (secondary N) is 3. The number of carbonyl (C=O) groups excluding carboxylic acids is 4. The highest BCUT2D eigenvalue weighted by Crippen LogP contribution is 2.36. The SMILES string of the molecule is CCC1(NS(=O)(=O)c2cccc(C(=O)Nc3ccc(N4CCCCC4)cc3C(=O)Nc3ccc(CCc4ccc(C(=O)OC)cc4)nc3)c2)CCC(C(=O)OC)CC1. The molecule has 1 aliphatic heterocycles. The number of rotatable bonds is 14. The van der Waals surface area contributed by atoms with Gasteiger partial charge in [-0.05, 0) is 130 Å². The highest BCUT2D eigenvalue weighted by molar-refractivity contribution is 7.89. The Hall–Kier alpha value is -5.60. The molecule has 306 valence electrons. The van der Waals surface area contributed by atoms with Gasteiger partial charge in [0.05, 0.1) is 53.7 Å². The molecule has 2 amide bonds. The van der Waals surface area contributed by atoms with E-state index in [0.717, 1.165) is 49.3 Å². The molecule has 14 heteroatoms. The predicted molar refractivity (Wildman–Crippen MR) is 222 cm³/mol. The van der Waals surface area contributed by atoms with E-state index in [0.29, 0.717) is 56.2 Å². The van der Waals surface area contributed by atoms with Gasteiger partial charge in [-0.15, -0.1) is 0 Å². The molecule has 58 heavy (non-hydrogen) atoms. The van der Waals surface area contributed by atoms with Gasteiger partial charge in [0.15, 0.2) is 0 Å². The van der Waals surface area contributed by atoms with Crippen LogP contribution in [0.15, 0.2) is 90.0 Å². The Balaban J connectivity index is 1.16. The fourth-order valence-corrected chi connectivity index (χ4v) is 9.24. The highest BCUT2D eigenvalue weighted by atomic mass is 32.2. The van der Waals surface area contributed by atoms with E-state index in [4.69, 9.17) is 9.47 Å². The van der Waals surface area contributed by atoms with E-state index in [9.17, 15) is 27.6 Å². The van der Waals surface area contributed by atoms with Gasteiger partial charge in [0.1, 0.15) is 0 Å². The number of carbonyl (C=O) groups is 4. The minimum atomic E-state index is -4.04. The van der Waals surface area contributed by atoms with Gasteiger partial charge >= 0.3 is 11.9 Å². The van der Waals surface area contributed by atoms with Gasteiger partial charge in [-0.3, -0.25) is 19.4 Å². The third-order valence-electron chi connectivity index (χ3n) is 11.3. The lowest BCUT2D eigenvalue weighted by Crippen LogP contribution is -2.50. The van der Waals surface area contributed by atoms with Gasteiger partial charge in [0.2, 0.25) is 10.0 Å². The van der Waals surface area contributed by atoms with Crippen molar-refractivity contribution < 1.29 is 37.1 Å². The summed E-state index contributed by atoms with van der Waals surface area (Å²) in [5, 5.41) is 5.78. The zero-order chi connectivity index (χ0) is 41.3. The number of ether oxygens (including phenoxy) is 2. The molecule has 3 aromatic carbocycles. The Labute approximate surface area is 340 Å². The third kappa shape index (κ3) is 10.3. The molecule has 2 aliphatic rings. The summed E-state index contributed by atoms with van der Waals surface area (Å²) in [5.74, 6) is -1.95. The van der Waals surface area contributed by atoms with Crippen LogP contribution in [-0.2, 0) is 37.1 Å². The van der Waals surface area contributed by atoms with Gasteiger partial charge in [-0.1, -0.05) is 25.1 Å². The Morgan fingerprint density at radius 2 is 1.55 bits per heavy atom. The lowest BCUT2D eigenvalue weighted by atomic mass is 9.76. The average Bonchev–Trinajstić information content (AvgIpc) is 3.26. The minimum absolute atomic E-state index is 0.0612. The van der Waals surface area contributed by atoms with Crippen molar-refractivity contribution in [3.8, 4) is 0 Å². The lowest BCUT2D eigenvalue weighted by Gasteiger charge is -2.39. The van der Waals surface area contributed by atoms with E-state index in [1.807, 2.05) is 31.2 Å². The molecule has 1 saturated heterocycles. The molecule has 6 rings (SSSR count). The van der Waals surface area contributed by atoms with Crippen LogP contribution in [0.3, 0.4) is 0 Å². The van der Waals surface area contributed by atoms with Gasteiger partial charge < -0.3 is 25.0 Å². The maximum absolute atomic E-state index is 13.9. The number of pyridine rings is 1. The number of aryl methyl sites for hydroxylation is 2. The number of benzene rings is 3. The Morgan fingerprint density at radius 1 is 0.810 bits per heavy atom. The van der Waals surface area contributed by atoms with Gasteiger partial charge in [0, 0.05) is 35.6 Å². The number of anilines is 3. The Morgan fingerprint density at radius 3 is 2.21 bits per heavy atom. The standard InChI is InChI=1S/C44H51N5O8S/c1-4-44(23-21-32(22-24-44)43(53)57-3)48-58(54,55)37-10-8-9-33(27-37)40(50)47-39-20-19-36(49-25-6-5-7-26-49)28-38(39)41(51)46-35-18-17-34(45-29-35)16-13-30-11-14-31(15-12-30)42(52)56-2/h8-12,14-15,17-20,27-29,32,48H,4-7,13,16,21-26H2,1-3H3,(H,46,51)(H,47,50).